The number of rotatable bonds is 4. The predicted octanol–water partition coefficient (Wildman–Crippen LogP) is 3.13. The molecule has 3 nitrogen and oxygen atoms in total. The van der Waals surface area contributed by atoms with Gasteiger partial charge in [-0.2, -0.15) is 0 Å². The summed E-state index contributed by atoms with van der Waals surface area (Å²) in [5, 5.41) is 8.44. The van der Waals surface area contributed by atoms with Gasteiger partial charge in [0, 0.05) is 30.1 Å². The zero-order chi connectivity index (χ0) is 14.8. The second-order valence-corrected chi connectivity index (χ2v) is 7.10. The topological polar surface area (TPSA) is 37.0 Å². The van der Waals surface area contributed by atoms with Gasteiger partial charge in [0.2, 0.25) is 0 Å². The molecule has 2 heterocycles. The number of aromatic nitrogens is 1. The number of nitrogens with one attached hydrogen (secondary N) is 2. The lowest BCUT2D eigenvalue weighted by Gasteiger charge is -2.27. The summed E-state index contributed by atoms with van der Waals surface area (Å²) in [6.07, 6.45) is 1.11. The van der Waals surface area contributed by atoms with Crippen LogP contribution in [0.5, 0.6) is 0 Å². The van der Waals surface area contributed by atoms with Gasteiger partial charge < -0.3 is 10.6 Å². The Morgan fingerprint density at radius 2 is 2.10 bits per heavy atom. The van der Waals surface area contributed by atoms with Crippen molar-refractivity contribution in [3.8, 4) is 0 Å². The van der Waals surface area contributed by atoms with Gasteiger partial charge in [0.15, 0.2) is 0 Å². The van der Waals surface area contributed by atoms with Crippen molar-refractivity contribution < 1.29 is 0 Å². The monoisotopic (exact) mass is 301 g/mol. The molecular weight excluding hydrogens is 278 g/mol. The van der Waals surface area contributed by atoms with Crippen molar-refractivity contribution in [3.63, 3.8) is 0 Å². The number of nitrogens with zero attached hydrogens (tertiary/aromatic N) is 1. The molecule has 0 fully saturated rings. The summed E-state index contributed by atoms with van der Waals surface area (Å²) in [6, 6.07) is 9.62. The minimum atomic E-state index is 0.371. The molecule has 1 aliphatic heterocycles. The molecule has 21 heavy (non-hydrogen) atoms. The molecule has 2 aromatic rings. The highest BCUT2D eigenvalue weighted by Gasteiger charge is 2.19. The van der Waals surface area contributed by atoms with Gasteiger partial charge >= 0.3 is 0 Å². The molecule has 0 aliphatic carbocycles. The van der Waals surface area contributed by atoms with Gasteiger partial charge in [-0.3, -0.25) is 0 Å². The van der Waals surface area contributed by atoms with E-state index in [1.54, 1.807) is 11.3 Å². The lowest BCUT2D eigenvalue weighted by molar-refractivity contribution is 0.427. The van der Waals surface area contributed by atoms with Crippen LogP contribution in [0.3, 0.4) is 0 Å². The predicted molar refractivity (Wildman–Crippen MR) is 88.8 cm³/mol. The van der Waals surface area contributed by atoms with Crippen LogP contribution in [0.25, 0.3) is 0 Å². The van der Waals surface area contributed by atoms with E-state index in [-0.39, 0.29) is 0 Å². The minimum absolute atomic E-state index is 0.371. The molecule has 0 radical (unpaired) electrons. The Morgan fingerprint density at radius 3 is 2.81 bits per heavy atom. The standard InChI is InChI=1S/C17H23N3S/c1-11(17-12(2)20-13(3)21-17)18-10-16-8-14-6-4-5-7-15(14)9-19-16/h4-7,11,16,18-19H,8-10H2,1-3H3. The summed E-state index contributed by atoms with van der Waals surface area (Å²) in [5.74, 6) is 0. The number of hydrogen-bond donors (Lipinski definition) is 2. The zero-order valence-electron chi connectivity index (χ0n) is 12.9. The van der Waals surface area contributed by atoms with Crippen LogP contribution in [0.2, 0.25) is 0 Å². The van der Waals surface area contributed by atoms with Crippen molar-refractivity contribution in [2.75, 3.05) is 6.54 Å². The molecule has 1 aromatic heterocycles. The first kappa shape index (κ1) is 14.7. The minimum Gasteiger partial charge on any atom is -0.308 e. The Kier molecular flexibility index (Phi) is 4.38. The molecule has 2 unspecified atom stereocenters. The lowest BCUT2D eigenvalue weighted by atomic mass is 9.96. The van der Waals surface area contributed by atoms with Gasteiger partial charge in [-0.05, 0) is 38.3 Å². The van der Waals surface area contributed by atoms with E-state index in [0.29, 0.717) is 12.1 Å². The second kappa shape index (κ2) is 6.26. The molecule has 3 rings (SSSR count). The van der Waals surface area contributed by atoms with Gasteiger partial charge in [-0.25, -0.2) is 4.98 Å². The molecule has 4 heteroatoms. The molecule has 2 N–H and O–H groups in total. The van der Waals surface area contributed by atoms with Crippen molar-refractivity contribution in [2.45, 2.75) is 45.8 Å². The molecule has 1 aromatic carbocycles. The van der Waals surface area contributed by atoms with Crippen LogP contribution >= 0.6 is 11.3 Å². The first-order valence-corrected chi connectivity index (χ1v) is 8.42. The smallest absolute Gasteiger partial charge is 0.0900 e. The van der Waals surface area contributed by atoms with Crippen molar-refractivity contribution in [1.29, 1.82) is 0 Å². The van der Waals surface area contributed by atoms with Gasteiger partial charge in [-0.15, -0.1) is 11.3 Å². The van der Waals surface area contributed by atoms with Crippen LogP contribution in [0.15, 0.2) is 24.3 Å². The molecular formula is C17H23N3S. The van der Waals surface area contributed by atoms with E-state index >= 15 is 0 Å². The highest BCUT2D eigenvalue weighted by molar-refractivity contribution is 7.11. The Bertz CT molecular complexity index is 620. The van der Waals surface area contributed by atoms with Crippen LogP contribution < -0.4 is 10.6 Å². The van der Waals surface area contributed by atoms with Crippen LogP contribution in [-0.2, 0) is 13.0 Å². The van der Waals surface area contributed by atoms with E-state index in [1.807, 2.05) is 0 Å². The third-order valence-corrected chi connectivity index (χ3v) is 5.42. The van der Waals surface area contributed by atoms with Crippen LogP contribution in [0, 0.1) is 13.8 Å². The summed E-state index contributed by atoms with van der Waals surface area (Å²) < 4.78 is 0. The van der Waals surface area contributed by atoms with Crippen molar-refractivity contribution in [1.82, 2.24) is 15.6 Å². The van der Waals surface area contributed by atoms with E-state index in [0.717, 1.165) is 24.5 Å². The summed E-state index contributed by atoms with van der Waals surface area (Å²) in [7, 11) is 0. The molecule has 0 bridgehead atoms. The van der Waals surface area contributed by atoms with Gasteiger partial charge in [0.05, 0.1) is 10.7 Å². The lowest BCUT2D eigenvalue weighted by Crippen LogP contribution is -2.43. The first-order valence-electron chi connectivity index (χ1n) is 7.61. The quantitative estimate of drug-likeness (QED) is 0.911. The average molecular weight is 301 g/mol. The fraction of sp³-hybridized carbons (Fsp3) is 0.471. The fourth-order valence-electron chi connectivity index (χ4n) is 3.03. The van der Waals surface area contributed by atoms with Crippen molar-refractivity contribution >= 4 is 11.3 Å². The summed E-state index contributed by atoms with van der Waals surface area (Å²) in [6.45, 7) is 8.39. The maximum absolute atomic E-state index is 4.52. The summed E-state index contributed by atoms with van der Waals surface area (Å²) >= 11 is 1.80. The summed E-state index contributed by atoms with van der Waals surface area (Å²) in [4.78, 5) is 5.88. The zero-order valence-corrected chi connectivity index (χ0v) is 13.8. The maximum atomic E-state index is 4.52. The largest absolute Gasteiger partial charge is 0.308 e. The molecule has 0 amide bonds. The van der Waals surface area contributed by atoms with Gasteiger partial charge in [0.1, 0.15) is 0 Å². The van der Waals surface area contributed by atoms with E-state index in [4.69, 9.17) is 0 Å². The summed E-state index contributed by atoms with van der Waals surface area (Å²) in [5.41, 5.74) is 4.09. The fourth-order valence-corrected chi connectivity index (χ4v) is 3.98. The second-order valence-electron chi connectivity index (χ2n) is 5.86. The van der Waals surface area contributed by atoms with Gasteiger partial charge in [0.25, 0.3) is 0 Å². The number of aryl methyl sites for hydroxylation is 2. The Morgan fingerprint density at radius 1 is 1.33 bits per heavy atom. The van der Waals surface area contributed by atoms with E-state index < -0.39 is 0 Å². The molecule has 0 saturated heterocycles. The Hall–Kier alpha value is -1.23. The average Bonchev–Trinajstić information content (AvgIpc) is 2.83. The Balaban J connectivity index is 1.58. The normalized spacial score (nSPS) is 19.3. The highest BCUT2D eigenvalue weighted by atomic mass is 32.1. The number of benzene rings is 1. The molecule has 112 valence electrons. The molecule has 0 saturated carbocycles. The number of thiazole rings is 1. The first-order chi connectivity index (χ1) is 10.1. The molecule has 1 aliphatic rings. The van der Waals surface area contributed by atoms with Crippen LogP contribution in [0.1, 0.15) is 39.7 Å². The molecule has 2 atom stereocenters. The maximum Gasteiger partial charge on any atom is 0.0900 e. The van der Waals surface area contributed by atoms with Crippen molar-refractivity contribution in [2.24, 2.45) is 0 Å². The SMILES string of the molecule is Cc1nc(C)c(C(C)NCC2Cc3ccccc3CN2)s1. The van der Waals surface area contributed by atoms with Crippen LogP contribution in [0.4, 0.5) is 0 Å². The van der Waals surface area contributed by atoms with Crippen LogP contribution in [-0.4, -0.2) is 17.6 Å². The van der Waals surface area contributed by atoms with E-state index in [9.17, 15) is 0 Å². The van der Waals surface area contributed by atoms with E-state index in [1.165, 1.54) is 21.7 Å². The number of hydrogen-bond acceptors (Lipinski definition) is 4. The van der Waals surface area contributed by atoms with E-state index in [2.05, 4.69) is 60.7 Å². The highest BCUT2D eigenvalue weighted by Crippen LogP contribution is 2.24. The van der Waals surface area contributed by atoms with Crippen molar-refractivity contribution in [3.05, 3.63) is 51.0 Å². The third kappa shape index (κ3) is 3.34. The Labute approximate surface area is 130 Å². The number of fused-ring (bicyclic) bond motifs is 1. The van der Waals surface area contributed by atoms with Gasteiger partial charge in [-0.1, -0.05) is 24.3 Å². The molecule has 0 spiro atoms. The third-order valence-electron chi connectivity index (χ3n) is 4.17.